The second kappa shape index (κ2) is 6.79. The van der Waals surface area contributed by atoms with E-state index in [2.05, 4.69) is 15.1 Å². The van der Waals surface area contributed by atoms with Crippen LogP contribution in [0.2, 0.25) is 0 Å². The van der Waals surface area contributed by atoms with Crippen molar-refractivity contribution >= 4 is 11.0 Å². The standard InChI is InChI=1S/C22H14FN5O/c23-19-11-5-4-10-17(19)21-25-20-18(14-27(26-20)15-7-2-1-3-8-15)22(29)28(21)16-9-6-12-24-13-16/h1-14H. The molecule has 3 aromatic heterocycles. The average molecular weight is 383 g/mol. The summed E-state index contributed by atoms with van der Waals surface area (Å²) in [6, 6.07) is 19.1. The van der Waals surface area contributed by atoms with Gasteiger partial charge in [0.2, 0.25) is 0 Å². The van der Waals surface area contributed by atoms with Crippen LogP contribution in [0.4, 0.5) is 4.39 Å². The van der Waals surface area contributed by atoms with Gasteiger partial charge >= 0.3 is 0 Å². The van der Waals surface area contributed by atoms with Gasteiger partial charge in [0.25, 0.3) is 5.56 Å². The summed E-state index contributed by atoms with van der Waals surface area (Å²) in [7, 11) is 0. The number of aromatic nitrogens is 5. The van der Waals surface area contributed by atoms with Gasteiger partial charge in [-0.15, -0.1) is 5.10 Å². The van der Waals surface area contributed by atoms with Crippen molar-refractivity contribution in [1.82, 2.24) is 24.3 Å². The predicted octanol–water partition coefficient (Wildman–Crippen LogP) is 3.77. The molecule has 0 aliphatic carbocycles. The van der Waals surface area contributed by atoms with Crippen molar-refractivity contribution in [2.24, 2.45) is 0 Å². The second-order valence-electron chi connectivity index (χ2n) is 6.41. The number of benzene rings is 2. The maximum absolute atomic E-state index is 14.6. The summed E-state index contributed by atoms with van der Waals surface area (Å²) in [4.78, 5) is 22.0. The van der Waals surface area contributed by atoms with Crippen LogP contribution in [0, 0.1) is 5.82 Å². The Bertz CT molecular complexity index is 1380. The first kappa shape index (κ1) is 17.0. The van der Waals surface area contributed by atoms with Crippen LogP contribution in [-0.2, 0) is 0 Å². The molecule has 140 valence electrons. The van der Waals surface area contributed by atoms with Crippen LogP contribution in [0.3, 0.4) is 0 Å². The van der Waals surface area contributed by atoms with E-state index < -0.39 is 5.82 Å². The fourth-order valence-electron chi connectivity index (χ4n) is 3.23. The topological polar surface area (TPSA) is 65.6 Å². The summed E-state index contributed by atoms with van der Waals surface area (Å²) in [5.41, 5.74) is 1.41. The molecule has 0 aliphatic heterocycles. The van der Waals surface area contributed by atoms with Gasteiger partial charge in [-0.25, -0.2) is 14.1 Å². The molecule has 3 heterocycles. The predicted molar refractivity (Wildman–Crippen MR) is 108 cm³/mol. The number of rotatable bonds is 3. The van der Waals surface area contributed by atoms with E-state index in [1.54, 1.807) is 53.6 Å². The monoisotopic (exact) mass is 383 g/mol. The van der Waals surface area contributed by atoms with E-state index in [9.17, 15) is 9.18 Å². The molecule has 5 rings (SSSR count). The molecule has 0 unspecified atom stereocenters. The van der Waals surface area contributed by atoms with Crippen LogP contribution >= 0.6 is 0 Å². The highest BCUT2D eigenvalue weighted by atomic mass is 19.1. The molecular weight excluding hydrogens is 369 g/mol. The SMILES string of the molecule is O=c1c2cn(-c3ccccc3)nc2nc(-c2ccccc2F)n1-c1cccnc1. The van der Waals surface area contributed by atoms with Gasteiger partial charge in [0.1, 0.15) is 11.2 Å². The lowest BCUT2D eigenvalue weighted by Gasteiger charge is -2.12. The maximum atomic E-state index is 14.6. The van der Waals surface area contributed by atoms with Crippen molar-refractivity contribution < 1.29 is 4.39 Å². The third-order valence-electron chi connectivity index (χ3n) is 4.59. The van der Waals surface area contributed by atoms with E-state index in [1.807, 2.05) is 30.3 Å². The first-order valence-corrected chi connectivity index (χ1v) is 8.95. The minimum absolute atomic E-state index is 0.173. The Hall–Kier alpha value is -4.13. The largest absolute Gasteiger partial charge is 0.269 e. The Balaban J connectivity index is 1.85. The quantitative estimate of drug-likeness (QED) is 0.476. The van der Waals surface area contributed by atoms with Gasteiger partial charge in [0, 0.05) is 12.4 Å². The van der Waals surface area contributed by atoms with Crippen molar-refractivity contribution in [2.75, 3.05) is 0 Å². The number of nitrogens with zero attached hydrogens (tertiary/aromatic N) is 5. The number of halogens is 1. The van der Waals surface area contributed by atoms with Crippen LogP contribution in [0.25, 0.3) is 33.8 Å². The normalized spacial score (nSPS) is 11.1. The first-order chi connectivity index (χ1) is 14.2. The minimum atomic E-state index is -0.473. The zero-order valence-corrected chi connectivity index (χ0v) is 15.1. The molecule has 0 fully saturated rings. The van der Waals surface area contributed by atoms with Crippen molar-refractivity contribution in [3.63, 3.8) is 0 Å². The van der Waals surface area contributed by atoms with Crippen LogP contribution in [-0.4, -0.2) is 24.3 Å². The number of hydrogen-bond acceptors (Lipinski definition) is 4. The lowest BCUT2D eigenvalue weighted by molar-refractivity contribution is 0.629. The molecule has 0 saturated heterocycles. The van der Waals surface area contributed by atoms with Crippen molar-refractivity contribution in [2.45, 2.75) is 0 Å². The van der Waals surface area contributed by atoms with Crippen molar-refractivity contribution in [1.29, 1.82) is 0 Å². The first-order valence-electron chi connectivity index (χ1n) is 8.95. The van der Waals surface area contributed by atoms with Gasteiger partial charge in [-0.05, 0) is 36.4 Å². The lowest BCUT2D eigenvalue weighted by Crippen LogP contribution is -2.22. The lowest BCUT2D eigenvalue weighted by atomic mass is 10.2. The zero-order chi connectivity index (χ0) is 19.8. The third kappa shape index (κ3) is 2.89. The number of para-hydroxylation sites is 1. The van der Waals surface area contributed by atoms with Gasteiger partial charge in [-0.1, -0.05) is 30.3 Å². The molecular formula is C22H14FN5O. The third-order valence-corrected chi connectivity index (χ3v) is 4.59. The van der Waals surface area contributed by atoms with Crippen LogP contribution < -0.4 is 5.56 Å². The Morgan fingerprint density at radius 1 is 0.862 bits per heavy atom. The molecule has 0 aliphatic rings. The molecule has 0 bridgehead atoms. The molecule has 0 atom stereocenters. The maximum Gasteiger partial charge on any atom is 0.269 e. The molecule has 5 aromatic rings. The number of hydrogen-bond donors (Lipinski definition) is 0. The highest BCUT2D eigenvalue weighted by molar-refractivity contribution is 5.77. The van der Waals surface area contributed by atoms with Crippen LogP contribution in [0.5, 0.6) is 0 Å². The zero-order valence-electron chi connectivity index (χ0n) is 15.1. The van der Waals surface area contributed by atoms with Gasteiger partial charge in [0.05, 0.1) is 23.1 Å². The highest BCUT2D eigenvalue weighted by Crippen LogP contribution is 2.24. The Morgan fingerprint density at radius 2 is 1.62 bits per heavy atom. The molecule has 0 amide bonds. The summed E-state index contributed by atoms with van der Waals surface area (Å²) in [6.07, 6.45) is 4.79. The smallest absolute Gasteiger partial charge is 0.268 e. The summed E-state index contributed by atoms with van der Waals surface area (Å²) in [5.74, 6) is -0.300. The molecule has 0 N–H and O–H groups in total. The van der Waals surface area contributed by atoms with E-state index in [-0.39, 0.29) is 22.6 Å². The fourth-order valence-corrected chi connectivity index (χ4v) is 3.23. The van der Waals surface area contributed by atoms with E-state index >= 15 is 0 Å². The Labute approximate surface area is 164 Å². The molecule has 6 nitrogen and oxygen atoms in total. The molecule has 29 heavy (non-hydrogen) atoms. The van der Waals surface area contributed by atoms with Crippen LogP contribution in [0.15, 0.2) is 90.1 Å². The minimum Gasteiger partial charge on any atom is -0.268 e. The molecule has 7 heteroatoms. The summed E-state index contributed by atoms with van der Waals surface area (Å²) >= 11 is 0. The number of pyridine rings is 1. The van der Waals surface area contributed by atoms with Gasteiger partial charge < -0.3 is 0 Å². The van der Waals surface area contributed by atoms with E-state index in [0.29, 0.717) is 11.1 Å². The number of fused-ring (bicyclic) bond motifs is 1. The summed E-state index contributed by atoms with van der Waals surface area (Å²) in [5, 5.41) is 4.78. The van der Waals surface area contributed by atoms with E-state index in [0.717, 1.165) is 5.69 Å². The highest BCUT2D eigenvalue weighted by Gasteiger charge is 2.19. The van der Waals surface area contributed by atoms with Gasteiger partial charge in [-0.3, -0.25) is 14.3 Å². The molecule has 2 aromatic carbocycles. The average Bonchev–Trinajstić information content (AvgIpc) is 3.20. The van der Waals surface area contributed by atoms with E-state index in [4.69, 9.17) is 0 Å². The molecule has 0 radical (unpaired) electrons. The fraction of sp³-hybridized carbons (Fsp3) is 0. The molecule has 0 saturated carbocycles. The van der Waals surface area contributed by atoms with Crippen molar-refractivity contribution in [3.05, 3.63) is 101 Å². The Kier molecular flexibility index (Phi) is 3.98. The van der Waals surface area contributed by atoms with Gasteiger partial charge in [-0.2, -0.15) is 0 Å². The summed E-state index contributed by atoms with van der Waals surface area (Å²) in [6.45, 7) is 0. The summed E-state index contributed by atoms with van der Waals surface area (Å²) < 4.78 is 17.5. The van der Waals surface area contributed by atoms with Gasteiger partial charge in [0.15, 0.2) is 11.5 Å². The van der Waals surface area contributed by atoms with Crippen LogP contribution in [0.1, 0.15) is 0 Å². The van der Waals surface area contributed by atoms with Crippen molar-refractivity contribution in [3.8, 4) is 22.8 Å². The molecule has 0 spiro atoms. The van der Waals surface area contributed by atoms with E-state index in [1.165, 1.54) is 10.6 Å². The second-order valence-corrected chi connectivity index (χ2v) is 6.41. The Morgan fingerprint density at radius 3 is 2.38 bits per heavy atom.